The molecule has 0 amide bonds. The van der Waals surface area contributed by atoms with Crippen LogP contribution >= 0.6 is 0 Å². The van der Waals surface area contributed by atoms with E-state index in [1.807, 2.05) is 19.1 Å². The van der Waals surface area contributed by atoms with Crippen LogP contribution in [0.2, 0.25) is 0 Å². The molecule has 0 radical (unpaired) electrons. The summed E-state index contributed by atoms with van der Waals surface area (Å²) in [5.74, 6) is 0. The molecule has 1 atom stereocenters. The van der Waals surface area contributed by atoms with E-state index in [0.717, 1.165) is 5.57 Å². The van der Waals surface area contributed by atoms with Gasteiger partial charge in [-0.3, -0.25) is 0 Å². The molecular weight excluding hydrogens is 208 g/mol. The van der Waals surface area contributed by atoms with Gasteiger partial charge < -0.3 is 5.11 Å². The van der Waals surface area contributed by atoms with Crippen molar-refractivity contribution in [3.63, 3.8) is 0 Å². The van der Waals surface area contributed by atoms with E-state index < -0.39 is 0 Å². The second-order valence-corrected chi connectivity index (χ2v) is 4.70. The number of benzene rings is 2. The Morgan fingerprint density at radius 1 is 1.18 bits per heavy atom. The lowest BCUT2D eigenvalue weighted by Crippen LogP contribution is -2.10. The van der Waals surface area contributed by atoms with Crippen LogP contribution in [0, 0.1) is 0 Å². The minimum Gasteiger partial charge on any atom is -0.392 e. The first-order valence-electron chi connectivity index (χ1n) is 5.95. The van der Waals surface area contributed by atoms with Crippen molar-refractivity contribution in [2.45, 2.75) is 25.9 Å². The van der Waals surface area contributed by atoms with Gasteiger partial charge in [-0.15, -0.1) is 6.58 Å². The van der Waals surface area contributed by atoms with Crippen molar-refractivity contribution in [2.24, 2.45) is 0 Å². The number of hydrogen-bond acceptors (Lipinski definition) is 1. The van der Waals surface area contributed by atoms with Crippen LogP contribution < -0.4 is 0 Å². The highest BCUT2D eigenvalue weighted by Crippen LogP contribution is 2.17. The Hall–Kier alpha value is -1.60. The summed E-state index contributed by atoms with van der Waals surface area (Å²) in [6.07, 6.45) is 1.04. The molecule has 0 heterocycles. The summed E-state index contributed by atoms with van der Waals surface area (Å²) in [6, 6.07) is 14.6. The zero-order valence-corrected chi connectivity index (χ0v) is 10.2. The van der Waals surface area contributed by atoms with Crippen LogP contribution in [0.25, 0.3) is 10.8 Å². The van der Waals surface area contributed by atoms with E-state index in [2.05, 4.69) is 36.9 Å². The van der Waals surface area contributed by atoms with Crippen LogP contribution in [0.15, 0.2) is 54.6 Å². The van der Waals surface area contributed by atoms with Gasteiger partial charge in [-0.05, 0) is 36.1 Å². The molecule has 0 spiro atoms. The first-order chi connectivity index (χ1) is 8.15. The molecule has 0 bridgehead atoms. The molecule has 1 N–H and O–H groups in total. The number of rotatable bonds is 4. The monoisotopic (exact) mass is 226 g/mol. The van der Waals surface area contributed by atoms with E-state index >= 15 is 0 Å². The summed E-state index contributed by atoms with van der Waals surface area (Å²) in [5.41, 5.74) is 2.20. The summed E-state index contributed by atoms with van der Waals surface area (Å²) < 4.78 is 0. The summed E-state index contributed by atoms with van der Waals surface area (Å²) in [4.78, 5) is 0. The van der Waals surface area contributed by atoms with E-state index in [1.165, 1.54) is 16.3 Å². The molecule has 88 valence electrons. The Morgan fingerprint density at radius 2 is 1.88 bits per heavy atom. The standard InChI is InChI=1S/C16H18O/c1-12(2)9-16(17)11-13-7-8-14-5-3-4-6-15(14)10-13/h3-8,10,16-17H,1,9,11H2,2H3. The van der Waals surface area contributed by atoms with E-state index in [4.69, 9.17) is 0 Å². The van der Waals surface area contributed by atoms with Crippen molar-refractivity contribution in [3.05, 3.63) is 60.2 Å². The molecular formula is C16H18O. The van der Waals surface area contributed by atoms with Gasteiger partial charge in [0.1, 0.15) is 0 Å². The normalized spacial score (nSPS) is 12.6. The third kappa shape index (κ3) is 3.18. The fraction of sp³-hybridized carbons (Fsp3) is 0.250. The molecule has 0 saturated carbocycles. The van der Waals surface area contributed by atoms with Gasteiger partial charge in [0, 0.05) is 0 Å². The van der Waals surface area contributed by atoms with Crippen molar-refractivity contribution in [1.82, 2.24) is 0 Å². The predicted molar refractivity (Wildman–Crippen MR) is 73.1 cm³/mol. The average molecular weight is 226 g/mol. The maximum Gasteiger partial charge on any atom is 0.0617 e. The molecule has 0 fully saturated rings. The zero-order chi connectivity index (χ0) is 12.3. The first-order valence-corrected chi connectivity index (χ1v) is 5.95. The van der Waals surface area contributed by atoms with Gasteiger partial charge >= 0.3 is 0 Å². The summed E-state index contributed by atoms with van der Waals surface area (Å²) >= 11 is 0. The summed E-state index contributed by atoms with van der Waals surface area (Å²) in [5, 5.41) is 12.4. The number of aliphatic hydroxyl groups is 1. The van der Waals surface area contributed by atoms with E-state index in [1.54, 1.807) is 0 Å². The smallest absolute Gasteiger partial charge is 0.0617 e. The van der Waals surface area contributed by atoms with Crippen molar-refractivity contribution in [3.8, 4) is 0 Å². The minimum absolute atomic E-state index is 0.325. The van der Waals surface area contributed by atoms with Gasteiger partial charge in [0.2, 0.25) is 0 Å². The first kappa shape index (κ1) is 11.9. The quantitative estimate of drug-likeness (QED) is 0.788. The molecule has 17 heavy (non-hydrogen) atoms. The Morgan fingerprint density at radius 3 is 2.59 bits per heavy atom. The van der Waals surface area contributed by atoms with Crippen LogP contribution in [-0.2, 0) is 6.42 Å². The molecule has 2 aromatic carbocycles. The van der Waals surface area contributed by atoms with Crippen LogP contribution in [0.1, 0.15) is 18.9 Å². The highest BCUT2D eigenvalue weighted by atomic mass is 16.3. The summed E-state index contributed by atoms with van der Waals surface area (Å²) in [6.45, 7) is 5.77. The maximum absolute atomic E-state index is 9.88. The molecule has 2 rings (SSSR count). The predicted octanol–water partition coefficient (Wildman–Crippen LogP) is 3.71. The van der Waals surface area contributed by atoms with Gasteiger partial charge in [0.25, 0.3) is 0 Å². The van der Waals surface area contributed by atoms with Crippen LogP contribution in [0.3, 0.4) is 0 Å². The Kier molecular flexibility index (Phi) is 3.60. The Labute approximate surface area is 102 Å². The van der Waals surface area contributed by atoms with Gasteiger partial charge in [-0.2, -0.15) is 0 Å². The van der Waals surface area contributed by atoms with Gasteiger partial charge in [0.15, 0.2) is 0 Å². The van der Waals surface area contributed by atoms with Crippen LogP contribution in [0.5, 0.6) is 0 Å². The largest absolute Gasteiger partial charge is 0.392 e. The third-order valence-electron chi connectivity index (χ3n) is 2.87. The van der Waals surface area contributed by atoms with Crippen molar-refractivity contribution >= 4 is 10.8 Å². The average Bonchev–Trinajstić information content (AvgIpc) is 2.27. The van der Waals surface area contributed by atoms with Gasteiger partial charge in [-0.25, -0.2) is 0 Å². The third-order valence-corrected chi connectivity index (χ3v) is 2.87. The second kappa shape index (κ2) is 5.15. The Balaban J connectivity index is 2.16. The molecule has 1 unspecified atom stereocenters. The lowest BCUT2D eigenvalue weighted by molar-refractivity contribution is 0.175. The van der Waals surface area contributed by atoms with Crippen molar-refractivity contribution in [2.75, 3.05) is 0 Å². The zero-order valence-electron chi connectivity index (χ0n) is 10.2. The fourth-order valence-corrected chi connectivity index (χ4v) is 2.11. The summed E-state index contributed by atoms with van der Waals surface area (Å²) in [7, 11) is 0. The SMILES string of the molecule is C=C(C)CC(O)Cc1ccc2ccccc2c1. The highest BCUT2D eigenvalue weighted by molar-refractivity contribution is 5.82. The number of aliphatic hydroxyl groups excluding tert-OH is 1. The van der Waals surface area contributed by atoms with E-state index in [9.17, 15) is 5.11 Å². The van der Waals surface area contributed by atoms with Crippen molar-refractivity contribution < 1.29 is 5.11 Å². The highest BCUT2D eigenvalue weighted by Gasteiger charge is 2.06. The Bertz CT molecular complexity index is 528. The number of fused-ring (bicyclic) bond motifs is 1. The molecule has 0 aromatic heterocycles. The second-order valence-electron chi connectivity index (χ2n) is 4.70. The molecule has 0 aliphatic rings. The lowest BCUT2D eigenvalue weighted by Gasteiger charge is -2.11. The minimum atomic E-state index is -0.325. The van der Waals surface area contributed by atoms with Crippen LogP contribution in [-0.4, -0.2) is 11.2 Å². The molecule has 0 aliphatic heterocycles. The fourth-order valence-electron chi connectivity index (χ4n) is 2.11. The number of hydrogen-bond donors (Lipinski definition) is 1. The van der Waals surface area contributed by atoms with Gasteiger partial charge in [-0.1, -0.05) is 48.0 Å². The molecule has 0 saturated heterocycles. The lowest BCUT2D eigenvalue weighted by atomic mass is 10.00. The molecule has 0 aliphatic carbocycles. The van der Waals surface area contributed by atoms with Crippen molar-refractivity contribution in [1.29, 1.82) is 0 Å². The molecule has 1 heteroatoms. The maximum atomic E-state index is 9.88. The topological polar surface area (TPSA) is 20.2 Å². The van der Waals surface area contributed by atoms with Gasteiger partial charge in [0.05, 0.1) is 6.10 Å². The van der Waals surface area contributed by atoms with Crippen LogP contribution in [0.4, 0.5) is 0 Å². The molecule has 2 aromatic rings. The van der Waals surface area contributed by atoms with E-state index in [0.29, 0.717) is 12.8 Å². The van der Waals surface area contributed by atoms with E-state index in [-0.39, 0.29) is 6.10 Å². The molecule has 1 nitrogen and oxygen atoms in total.